The number of amides is 1. The zero-order valence-corrected chi connectivity index (χ0v) is 10.4. The number of H-pyrrole nitrogens is 1. The summed E-state index contributed by atoms with van der Waals surface area (Å²) in [5.41, 5.74) is 1.46. The molecule has 2 aromatic rings. The summed E-state index contributed by atoms with van der Waals surface area (Å²) in [5.74, 6) is 0.601. The highest BCUT2D eigenvalue weighted by molar-refractivity contribution is 6.42. The van der Waals surface area contributed by atoms with Gasteiger partial charge >= 0.3 is 6.09 Å². The molecule has 0 saturated carbocycles. The van der Waals surface area contributed by atoms with E-state index in [-0.39, 0.29) is 6.54 Å². The van der Waals surface area contributed by atoms with Crippen LogP contribution in [0.2, 0.25) is 10.0 Å². The number of nitrogens with zero attached hydrogens (tertiary/aromatic N) is 1. The lowest BCUT2D eigenvalue weighted by atomic mass is 10.3. The van der Waals surface area contributed by atoms with Crippen molar-refractivity contribution >= 4 is 40.3 Å². The molecule has 0 bridgehead atoms. The molecule has 1 aromatic carbocycles. The Bertz CT molecular complexity index is 529. The summed E-state index contributed by atoms with van der Waals surface area (Å²) in [6.45, 7) is 0.247. The van der Waals surface area contributed by atoms with Crippen molar-refractivity contribution in [3.8, 4) is 0 Å². The second kappa shape index (κ2) is 4.81. The Morgan fingerprint density at radius 2 is 2.18 bits per heavy atom. The fourth-order valence-corrected chi connectivity index (χ4v) is 1.69. The van der Waals surface area contributed by atoms with Gasteiger partial charge in [-0.2, -0.15) is 0 Å². The third kappa shape index (κ3) is 2.62. The van der Waals surface area contributed by atoms with E-state index in [9.17, 15) is 4.79 Å². The van der Waals surface area contributed by atoms with Crippen LogP contribution in [0.5, 0.6) is 0 Å². The van der Waals surface area contributed by atoms with E-state index in [4.69, 9.17) is 23.2 Å². The molecule has 5 nitrogen and oxygen atoms in total. The van der Waals surface area contributed by atoms with Crippen LogP contribution in [0.1, 0.15) is 5.82 Å². The molecule has 0 radical (unpaired) electrons. The second-order valence-electron chi connectivity index (χ2n) is 3.31. The summed E-state index contributed by atoms with van der Waals surface area (Å²) >= 11 is 11.7. The van der Waals surface area contributed by atoms with Crippen molar-refractivity contribution < 1.29 is 9.53 Å². The Balaban J connectivity index is 2.23. The number of halogens is 2. The van der Waals surface area contributed by atoms with E-state index in [1.165, 1.54) is 7.11 Å². The van der Waals surface area contributed by atoms with Crippen molar-refractivity contribution in [1.82, 2.24) is 15.3 Å². The lowest BCUT2D eigenvalue weighted by molar-refractivity contribution is 0.170. The van der Waals surface area contributed by atoms with Crippen molar-refractivity contribution in [1.29, 1.82) is 0 Å². The molecule has 0 aliphatic carbocycles. The monoisotopic (exact) mass is 273 g/mol. The quantitative estimate of drug-likeness (QED) is 0.884. The van der Waals surface area contributed by atoms with Gasteiger partial charge in [-0.3, -0.25) is 0 Å². The largest absolute Gasteiger partial charge is 0.453 e. The fourth-order valence-electron chi connectivity index (χ4n) is 1.37. The van der Waals surface area contributed by atoms with E-state index in [2.05, 4.69) is 20.0 Å². The Morgan fingerprint density at radius 1 is 1.47 bits per heavy atom. The van der Waals surface area contributed by atoms with Gasteiger partial charge in [0.05, 0.1) is 34.7 Å². The molecule has 1 amide bonds. The lowest BCUT2D eigenvalue weighted by Crippen LogP contribution is -2.22. The number of hydrogen-bond donors (Lipinski definition) is 2. The standard InChI is InChI=1S/C10H9Cl2N3O2/c1-17-10(16)13-4-9-14-7-2-5(11)6(12)3-8(7)15-9/h2-3H,4H2,1H3,(H,13,16)(H,14,15). The lowest BCUT2D eigenvalue weighted by Gasteiger charge is -1.99. The molecule has 0 atom stereocenters. The SMILES string of the molecule is COC(=O)NCc1nc2cc(Cl)c(Cl)cc2[nH]1. The summed E-state index contributed by atoms with van der Waals surface area (Å²) in [6.07, 6.45) is -0.512. The normalized spacial score (nSPS) is 10.5. The number of alkyl carbamates (subject to hydrolysis) is 1. The van der Waals surface area contributed by atoms with Crippen LogP contribution in [0.15, 0.2) is 12.1 Å². The maximum Gasteiger partial charge on any atom is 0.407 e. The molecule has 0 aliphatic heterocycles. The number of imidazole rings is 1. The maximum absolute atomic E-state index is 10.9. The Kier molecular flexibility index (Phi) is 3.40. The first-order valence-corrected chi connectivity index (χ1v) is 5.51. The smallest absolute Gasteiger partial charge is 0.407 e. The van der Waals surface area contributed by atoms with Crippen LogP contribution in [0.3, 0.4) is 0 Å². The van der Waals surface area contributed by atoms with E-state index in [0.717, 1.165) is 5.52 Å². The molecule has 0 aliphatic rings. The molecule has 0 spiro atoms. The predicted molar refractivity (Wildman–Crippen MR) is 65.4 cm³/mol. The van der Waals surface area contributed by atoms with Gasteiger partial charge in [-0.1, -0.05) is 23.2 Å². The van der Waals surface area contributed by atoms with Crippen LogP contribution in [0.4, 0.5) is 4.79 Å². The number of aromatic nitrogens is 2. The van der Waals surface area contributed by atoms with Gasteiger partial charge in [0.2, 0.25) is 0 Å². The van der Waals surface area contributed by atoms with E-state index in [1.54, 1.807) is 12.1 Å². The van der Waals surface area contributed by atoms with Crippen molar-refractivity contribution in [3.05, 3.63) is 28.0 Å². The van der Waals surface area contributed by atoms with Crippen molar-refractivity contribution in [3.63, 3.8) is 0 Å². The van der Waals surface area contributed by atoms with Gasteiger partial charge in [-0.05, 0) is 12.1 Å². The summed E-state index contributed by atoms with van der Waals surface area (Å²) in [7, 11) is 1.30. The minimum absolute atomic E-state index is 0.247. The average Bonchev–Trinajstić information content (AvgIpc) is 2.68. The maximum atomic E-state index is 10.9. The highest BCUT2D eigenvalue weighted by atomic mass is 35.5. The topological polar surface area (TPSA) is 67.0 Å². The van der Waals surface area contributed by atoms with Gasteiger partial charge in [-0.15, -0.1) is 0 Å². The van der Waals surface area contributed by atoms with E-state index in [1.807, 2.05) is 0 Å². The van der Waals surface area contributed by atoms with Crippen molar-refractivity contribution in [2.75, 3.05) is 7.11 Å². The zero-order valence-electron chi connectivity index (χ0n) is 8.88. The van der Waals surface area contributed by atoms with Crippen LogP contribution in [0, 0.1) is 0 Å². The molecule has 0 unspecified atom stereocenters. The van der Waals surface area contributed by atoms with E-state index in [0.29, 0.717) is 21.4 Å². The summed E-state index contributed by atoms with van der Waals surface area (Å²) in [5, 5.41) is 3.41. The fraction of sp³-hybridized carbons (Fsp3) is 0.200. The number of benzene rings is 1. The van der Waals surface area contributed by atoms with Gasteiger partial charge in [0.15, 0.2) is 0 Å². The molecule has 17 heavy (non-hydrogen) atoms. The molecule has 7 heteroatoms. The van der Waals surface area contributed by atoms with Gasteiger partial charge in [0, 0.05) is 0 Å². The molecule has 90 valence electrons. The first kappa shape index (κ1) is 12.0. The van der Waals surface area contributed by atoms with Gasteiger partial charge in [0.1, 0.15) is 5.82 Å². The zero-order chi connectivity index (χ0) is 12.4. The van der Waals surface area contributed by atoms with Crippen LogP contribution in [-0.4, -0.2) is 23.2 Å². The molecule has 1 aromatic heterocycles. The van der Waals surface area contributed by atoms with Gasteiger partial charge < -0.3 is 15.0 Å². The molecule has 0 saturated heterocycles. The van der Waals surface area contributed by atoms with Crippen molar-refractivity contribution in [2.45, 2.75) is 6.54 Å². The molecular weight excluding hydrogens is 265 g/mol. The number of rotatable bonds is 2. The molecule has 2 N–H and O–H groups in total. The summed E-state index contributed by atoms with van der Waals surface area (Å²) in [4.78, 5) is 18.2. The Hall–Kier alpha value is -1.46. The third-order valence-corrected chi connectivity index (χ3v) is 2.88. The number of carbonyl (C=O) groups is 1. The summed E-state index contributed by atoms with van der Waals surface area (Å²) < 4.78 is 4.45. The van der Waals surface area contributed by atoms with Crippen LogP contribution >= 0.6 is 23.2 Å². The average molecular weight is 274 g/mol. The number of methoxy groups -OCH3 is 1. The van der Waals surface area contributed by atoms with Gasteiger partial charge in [0.25, 0.3) is 0 Å². The minimum Gasteiger partial charge on any atom is -0.453 e. The Morgan fingerprint density at radius 3 is 2.88 bits per heavy atom. The molecular formula is C10H9Cl2N3O2. The third-order valence-electron chi connectivity index (χ3n) is 2.16. The first-order valence-electron chi connectivity index (χ1n) is 4.75. The van der Waals surface area contributed by atoms with E-state index < -0.39 is 6.09 Å². The minimum atomic E-state index is -0.512. The predicted octanol–water partition coefficient (Wildman–Crippen LogP) is 2.73. The molecule has 2 rings (SSSR count). The van der Waals surface area contributed by atoms with Crippen LogP contribution in [-0.2, 0) is 11.3 Å². The van der Waals surface area contributed by atoms with Crippen LogP contribution < -0.4 is 5.32 Å². The molecule has 0 fully saturated rings. The van der Waals surface area contributed by atoms with Crippen LogP contribution in [0.25, 0.3) is 11.0 Å². The number of ether oxygens (including phenoxy) is 1. The highest BCUT2D eigenvalue weighted by Gasteiger charge is 2.07. The molecule has 1 heterocycles. The first-order chi connectivity index (χ1) is 8.10. The second-order valence-corrected chi connectivity index (χ2v) is 4.13. The van der Waals surface area contributed by atoms with Crippen molar-refractivity contribution in [2.24, 2.45) is 0 Å². The highest BCUT2D eigenvalue weighted by Crippen LogP contribution is 2.26. The number of nitrogens with one attached hydrogen (secondary N) is 2. The number of carbonyl (C=O) groups excluding carboxylic acids is 1. The number of hydrogen-bond acceptors (Lipinski definition) is 3. The number of fused-ring (bicyclic) bond motifs is 1. The van der Waals surface area contributed by atoms with Gasteiger partial charge in [-0.25, -0.2) is 9.78 Å². The Labute approximate surface area is 107 Å². The number of aromatic amines is 1. The van der Waals surface area contributed by atoms with E-state index >= 15 is 0 Å². The summed E-state index contributed by atoms with van der Waals surface area (Å²) in [6, 6.07) is 3.35.